The number of carbonyl (C=O) groups excluding carboxylic acids is 2. The van der Waals surface area contributed by atoms with Crippen LogP contribution in [0.1, 0.15) is 31.8 Å². The van der Waals surface area contributed by atoms with Gasteiger partial charge < -0.3 is 9.80 Å². The van der Waals surface area contributed by atoms with Crippen molar-refractivity contribution in [3.05, 3.63) is 69.7 Å². The van der Waals surface area contributed by atoms with Gasteiger partial charge in [0.05, 0.1) is 0 Å². The van der Waals surface area contributed by atoms with Gasteiger partial charge in [-0.3, -0.25) is 9.59 Å². The van der Waals surface area contributed by atoms with E-state index in [0.29, 0.717) is 36.8 Å². The van der Waals surface area contributed by atoms with Crippen LogP contribution in [-0.2, 0) is 0 Å². The van der Waals surface area contributed by atoms with Gasteiger partial charge in [0, 0.05) is 42.3 Å². The highest BCUT2D eigenvalue weighted by Gasteiger charge is 2.26. The number of benzene rings is 2. The summed E-state index contributed by atoms with van der Waals surface area (Å²) in [4.78, 5) is 28.9. The Morgan fingerprint density at radius 1 is 0.840 bits per heavy atom. The molecule has 3 rings (SSSR count). The Hall–Kier alpha value is -2.33. The molecule has 1 aliphatic heterocycles. The molecule has 2 aromatic carbocycles. The summed E-state index contributed by atoms with van der Waals surface area (Å²) in [6.45, 7) is 6.11. The molecule has 0 spiro atoms. The number of rotatable bonds is 2. The Labute approximate surface area is 153 Å². The van der Waals surface area contributed by atoms with Crippen LogP contribution in [0.25, 0.3) is 0 Å². The van der Waals surface area contributed by atoms with Crippen LogP contribution in [0.5, 0.6) is 0 Å². The van der Waals surface area contributed by atoms with Crippen molar-refractivity contribution >= 4 is 23.4 Å². The van der Waals surface area contributed by atoms with Crippen LogP contribution in [0.15, 0.2) is 42.5 Å². The molecular weight excluding hydrogens is 336 g/mol. The van der Waals surface area contributed by atoms with Crippen molar-refractivity contribution in [1.29, 1.82) is 0 Å². The smallest absolute Gasteiger partial charge is 0.254 e. The van der Waals surface area contributed by atoms with E-state index in [1.807, 2.05) is 36.9 Å². The molecule has 1 saturated heterocycles. The predicted octanol–water partition coefficient (Wildman–Crippen LogP) is 3.56. The van der Waals surface area contributed by atoms with Crippen LogP contribution >= 0.6 is 11.6 Å². The molecular formula is C20H21ClN2O2. The predicted molar refractivity (Wildman–Crippen MR) is 99.2 cm³/mol. The average molecular weight is 357 g/mol. The van der Waals surface area contributed by atoms with Gasteiger partial charge in [-0.1, -0.05) is 29.3 Å². The summed E-state index contributed by atoms with van der Waals surface area (Å²) >= 11 is 5.87. The lowest BCUT2D eigenvalue weighted by Crippen LogP contribution is -2.50. The summed E-state index contributed by atoms with van der Waals surface area (Å²) in [5.41, 5.74) is 3.43. The van der Waals surface area contributed by atoms with Crippen molar-refractivity contribution in [2.75, 3.05) is 26.2 Å². The Morgan fingerprint density at radius 2 is 1.40 bits per heavy atom. The SMILES string of the molecule is Cc1ccc(C)c(C(=O)N2CCN(C(=O)c3ccc(Cl)cc3)CC2)c1. The van der Waals surface area contributed by atoms with E-state index >= 15 is 0 Å². The van der Waals surface area contributed by atoms with Gasteiger partial charge in [-0.25, -0.2) is 0 Å². The van der Waals surface area contributed by atoms with Crippen LogP contribution < -0.4 is 0 Å². The molecule has 4 nitrogen and oxygen atoms in total. The molecule has 0 bridgehead atoms. The lowest BCUT2D eigenvalue weighted by Gasteiger charge is -2.35. The lowest BCUT2D eigenvalue weighted by molar-refractivity contribution is 0.0535. The van der Waals surface area contributed by atoms with Crippen molar-refractivity contribution in [3.8, 4) is 0 Å². The van der Waals surface area contributed by atoms with E-state index in [1.54, 1.807) is 29.2 Å². The standard InChI is InChI=1S/C20H21ClN2O2/c1-14-3-4-15(2)18(13-14)20(25)23-11-9-22(10-12-23)19(24)16-5-7-17(21)8-6-16/h3-8,13H,9-12H2,1-2H3. The minimum absolute atomic E-state index is 0.0181. The number of piperazine rings is 1. The third kappa shape index (κ3) is 3.85. The van der Waals surface area contributed by atoms with Gasteiger partial charge in [-0.2, -0.15) is 0 Å². The maximum atomic E-state index is 12.8. The monoisotopic (exact) mass is 356 g/mol. The van der Waals surface area contributed by atoms with Gasteiger partial charge in [-0.05, 0) is 49.7 Å². The fourth-order valence-electron chi connectivity index (χ4n) is 3.02. The minimum atomic E-state index is -0.0181. The largest absolute Gasteiger partial charge is 0.335 e. The molecule has 130 valence electrons. The topological polar surface area (TPSA) is 40.6 Å². The first-order valence-corrected chi connectivity index (χ1v) is 8.75. The lowest BCUT2D eigenvalue weighted by atomic mass is 10.0. The van der Waals surface area contributed by atoms with Gasteiger partial charge in [0.2, 0.25) is 0 Å². The Balaban J connectivity index is 1.65. The molecule has 1 heterocycles. The zero-order valence-corrected chi connectivity index (χ0v) is 15.2. The van der Waals surface area contributed by atoms with Crippen molar-refractivity contribution in [3.63, 3.8) is 0 Å². The second-order valence-corrected chi connectivity index (χ2v) is 6.85. The minimum Gasteiger partial charge on any atom is -0.335 e. The molecule has 0 saturated carbocycles. The molecule has 0 aliphatic carbocycles. The number of carbonyl (C=O) groups is 2. The van der Waals surface area contributed by atoms with Crippen molar-refractivity contribution in [1.82, 2.24) is 9.80 Å². The molecule has 1 aliphatic rings. The van der Waals surface area contributed by atoms with Crippen molar-refractivity contribution < 1.29 is 9.59 Å². The second-order valence-electron chi connectivity index (χ2n) is 6.41. The zero-order chi connectivity index (χ0) is 18.0. The Bertz CT molecular complexity index is 794. The number of hydrogen-bond donors (Lipinski definition) is 0. The van der Waals surface area contributed by atoms with E-state index in [0.717, 1.165) is 16.7 Å². The van der Waals surface area contributed by atoms with Crippen molar-refractivity contribution in [2.45, 2.75) is 13.8 Å². The molecule has 0 aromatic heterocycles. The first-order valence-electron chi connectivity index (χ1n) is 8.37. The fourth-order valence-corrected chi connectivity index (χ4v) is 3.15. The fraction of sp³-hybridized carbons (Fsp3) is 0.300. The highest BCUT2D eigenvalue weighted by molar-refractivity contribution is 6.30. The van der Waals surface area contributed by atoms with Crippen LogP contribution in [0, 0.1) is 13.8 Å². The Morgan fingerprint density at radius 3 is 2.00 bits per heavy atom. The van der Waals surface area contributed by atoms with Crippen LogP contribution in [-0.4, -0.2) is 47.8 Å². The molecule has 5 heteroatoms. The van der Waals surface area contributed by atoms with Crippen LogP contribution in [0.4, 0.5) is 0 Å². The molecule has 0 radical (unpaired) electrons. The molecule has 25 heavy (non-hydrogen) atoms. The molecule has 0 atom stereocenters. The van der Waals surface area contributed by atoms with Crippen molar-refractivity contribution in [2.24, 2.45) is 0 Å². The summed E-state index contributed by atoms with van der Waals surface area (Å²) in [6, 6.07) is 12.8. The van der Waals surface area contributed by atoms with Gasteiger partial charge in [0.1, 0.15) is 0 Å². The molecule has 2 amide bonds. The first kappa shape index (κ1) is 17.5. The van der Waals surface area contributed by atoms with E-state index in [-0.39, 0.29) is 11.8 Å². The summed E-state index contributed by atoms with van der Waals surface area (Å²) in [6.07, 6.45) is 0. The highest BCUT2D eigenvalue weighted by atomic mass is 35.5. The molecule has 0 unspecified atom stereocenters. The maximum absolute atomic E-state index is 12.8. The summed E-state index contributed by atoms with van der Waals surface area (Å²) in [5, 5.41) is 0.612. The van der Waals surface area contributed by atoms with E-state index in [9.17, 15) is 9.59 Å². The summed E-state index contributed by atoms with van der Waals surface area (Å²) < 4.78 is 0. The molecule has 2 aromatic rings. The van der Waals surface area contributed by atoms with E-state index < -0.39 is 0 Å². The van der Waals surface area contributed by atoms with Crippen LogP contribution in [0.2, 0.25) is 5.02 Å². The van der Waals surface area contributed by atoms with Gasteiger partial charge >= 0.3 is 0 Å². The summed E-state index contributed by atoms with van der Waals surface area (Å²) in [7, 11) is 0. The number of hydrogen-bond acceptors (Lipinski definition) is 2. The summed E-state index contributed by atoms with van der Waals surface area (Å²) in [5.74, 6) is 0.0234. The average Bonchev–Trinajstić information content (AvgIpc) is 2.63. The van der Waals surface area contributed by atoms with Gasteiger partial charge in [-0.15, -0.1) is 0 Å². The molecule has 0 N–H and O–H groups in total. The normalized spacial score (nSPS) is 14.5. The van der Waals surface area contributed by atoms with Crippen LogP contribution in [0.3, 0.4) is 0 Å². The van der Waals surface area contributed by atoms with E-state index in [4.69, 9.17) is 11.6 Å². The Kier molecular flexibility index (Phi) is 5.09. The highest BCUT2D eigenvalue weighted by Crippen LogP contribution is 2.17. The third-order valence-electron chi connectivity index (χ3n) is 4.57. The number of halogens is 1. The molecule has 1 fully saturated rings. The number of nitrogens with zero attached hydrogens (tertiary/aromatic N) is 2. The van der Waals surface area contributed by atoms with Gasteiger partial charge in [0.15, 0.2) is 0 Å². The van der Waals surface area contributed by atoms with E-state index in [1.165, 1.54) is 0 Å². The number of amides is 2. The third-order valence-corrected chi connectivity index (χ3v) is 4.82. The maximum Gasteiger partial charge on any atom is 0.254 e. The zero-order valence-electron chi connectivity index (χ0n) is 14.5. The number of aryl methyl sites for hydroxylation is 2. The second kappa shape index (κ2) is 7.28. The van der Waals surface area contributed by atoms with Gasteiger partial charge in [0.25, 0.3) is 11.8 Å². The van der Waals surface area contributed by atoms with E-state index in [2.05, 4.69) is 0 Å². The first-order chi connectivity index (χ1) is 12.0. The quantitative estimate of drug-likeness (QED) is 0.825.